The van der Waals surface area contributed by atoms with Crippen LogP contribution in [-0.2, 0) is 16.6 Å². The molecule has 1 amide bonds. The molecule has 6 rings (SSSR count). The highest BCUT2D eigenvalue weighted by atomic mass is 35.5. The minimum atomic E-state index is -4.42. The van der Waals surface area contributed by atoms with Crippen LogP contribution in [0.5, 0.6) is 0 Å². The molecule has 11 nitrogen and oxygen atoms in total. The van der Waals surface area contributed by atoms with Crippen molar-refractivity contribution in [3.8, 4) is 11.1 Å². The van der Waals surface area contributed by atoms with E-state index in [0.717, 1.165) is 54.9 Å². The predicted octanol–water partition coefficient (Wildman–Crippen LogP) is 7.54. The first-order valence-electron chi connectivity index (χ1n) is 18.0. The van der Waals surface area contributed by atoms with Gasteiger partial charge >= 0.3 is 0 Å². The average Bonchev–Trinajstić information content (AvgIpc) is 3.20. The summed E-state index contributed by atoms with van der Waals surface area (Å²) in [4.78, 5) is 30.0. The summed E-state index contributed by atoms with van der Waals surface area (Å²) in [5.74, 6) is -0.194. The molecule has 0 spiro atoms. The predicted molar refractivity (Wildman–Crippen MR) is 222 cm³/mol. The highest BCUT2D eigenvalue weighted by Gasteiger charge is 2.26. The van der Waals surface area contributed by atoms with Gasteiger partial charge < -0.3 is 15.5 Å². The Hall–Kier alpha value is -4.92. The Bertz CT molecular complexity index is 2180. The number of rotatable bonds is 16. The summed E-state index contributed by atoms with van der Waals surface area (Å²) in [5, 5.41) is 19.2. The van der Waals surface area contributed by atoms with Crippen molar-refractivity contribution in [3.05, 3.63) is 148 Å². The van der Waals surface area contributed by atoms with Crippen molar-refractivity contribution < 1.29 is 18.1 Å². The van der Waals surface area contributed by atoms with Gasteiger partial charge in [-0.25, -0.2) is 13.1 Å². The molecule has 1 fully saturated rings. The van der Waals surface area contributed by atoms with Gasteiger partial charge in [-0.1, -0.05) is 66.2 Å². The Morgan fingerprint density at radius 3 is 2.27 bits per heavy atom. The van der Waals surface area contributed by atoms with Gasteiger partial charge in [-0.15, -0.1) is 11.8 Å². The molecular formula is C41H43ClN6O5S2. The van der Waals surface area contributed by atoms with Crippen molar-refractivity contribution in [2.24, 2.45) is 0 Å². The number of thioether (sulfide) groups is 1. The smallest absolute Gasteiger partial charge is 0.293 e. The second-order valence-corrected chi connectivity index (χ2v) is 16.4. The average molecular weight is 799 g/mol. The van der Waals surface area contributed by atoms with E-state index in [2.05, 4.69) is 43.4 Å². The van der Waals surface area contributed by atoms with Crippen molar-refractivity contribution >= 4 is 56.4 Å². The normalized spacial score (nSPS) is 14.0. The number of piperazine rings is 1. The third-order valence-electron chi connectivity index (χ3n) is 9.43. The Morgan fingerprint density at radius 1 is 0.891 bits per heavy atom. The third-order valence-corrected chi connectivity index (χ3v) is 12.2. The number of nitro groups is 1. The monoisotopic (exact) mass is 798 g/mol. The molecule has 14 heteroatoms. The van der Waals surface area contributed by atoms with Gasteiger partial charge in [0.15, 0.2) is 0 Å². The molecule has 0 saturated carbocycles. The summed E-state index contributed by atoms with van der Waals surface area (Å²) in [5.41, 5.74) is 4.43. The first-order valence-corrected chi connectivity index (χ1v) is 20.8. The minimum Gasteiger partial charge on any atom is -0.376 e. The van der Waals surface area contributed by atoms with Crippen molar-refractivity contribution in [2.75, 3.05) is 55.7 Å². The van der Waals surface area contributed by atoms with Crippen LogP contribution < -0.4 is 20.3 Å². The molecule has 1 saturated heterocycles. The van der Waals surface area contributed by atoms with E-state index in [4.69, 9.17) is 11.6 Å². The van der Waals surface area contributed by atoms with E-state index in [-0.39, 0.29) is 22.2 Å². The Labute approximate surface area is 331 Å². The van der Waals surface area contributed by atoms with E-state index in [0.29, 0.717) is 23.7 Å². The zero-order valence-electron chi connectivity index (χ0n) is 30.4. The largest absolute Gasteiger partial charge is 0.376 e. The van der Waals surface area contributed by atoms with Crippen molar-refractivity contribution in [1.82, 2.24) is 14.9 Å². The molecular weight excluding hydrogens is 756 g/mol. The number of sulfonamides is 1. The Balaban J connectivity index is 1.05. The highest BCUT2D eigenvalue weighted by Crippen LogP contribution is 2.31. The van der Waals surface area contributed by atoms with E-state index < -0.39 is 26.5 Å². The zero-order valence-corrected chi connectivity index (χ0v) is 32.7. The van der Waals surface area contributed by atoms with Crippen molar-refractivity contribution in [2.45, 2.75) is 28.8 Å². The second-order valence-electron chi connectivity index (χ2n) is 13.2. The summed E-state index contributed by atoms with van der Waals surface area (Å²) in [6, 6.07) is 36.4. The number of benzene rings is 5. The van der Waals surface area contributed by atoms with E-state index in [1.54, 1.807) is 36.0 Å². The summed E-state index contributed by atoms with van der Waals surface area (Å²) >= 11 is 7.73. The highest BCUT2D eigenvalue weighted by molar-refractivity contribution is 7.99. The van der Waals surface area contributed by atoms with Gasteiger partial charge in [-0.3, -0.25) is 19.8 Å². The lowest BCUT2D eigenvalue weighted by Gasteiger charge is -2.36. The van der Waals surface area contributed by atoms with Crippen LogP contribution in [0.1, 0.15) is 22.3 Å². The van der Waals surface area contributed by atoms with Crippen LogP contribution in [0.25, 0.3) is 11.1 Å². The molecule has 1 aliphatic heterocycles. The van der Waals surface area contributed by atoms with Gasteiger partial charge in [-0.05, 0) is 97.4 Å². The molecule has 286 valence electrons. The van der Waals surface area contributed by atoms with Gasteiger partial charge in [-0.2, -0.15) is 0 Å². The van der Waals surface area contributed by atoms with Gasteiger partial charge in [0.2, 0.25) is 0 Å². The van der Waals surface area contributed by atoms with Crippen LogP contribution in [0.15, 0.2) is 131 Å². The molecule has 1 atom stereocenters. The number of nitrogens with one attached hydrogen (secondary N) is 3. The zero-order chi connectivity index (χ0) is 38.8. The number of nitrogens with zero attached hydrogens (tertiary/aromatic N) is 3. The van der Waals surface area contributed by atoms with Crippen LogP contribution in [0, 0.1) is 10.1 Å². The fourth-order valence-electron chi connectivity index (χ4n) is 6.44. The van der Waals surface area contributed by atoms with Gasteiger partial charge in [0.05, 0.1) is 9.82 Å². The summed E-state index contributed by atoms with van der Waals surface area (Å²) in [6.07, 6.45) is 0.680. The molecule has 5 aromatic rings. The van der Waals surface area contributed by atoms with E-state index in [1.165, 1.54) is 23.3 Å². The lowest BCUT2D eigenvalue weighted by Crippen LogP contribution is -2.46. The van der Waals surface area contributed by atoms with Gasteiger partial charge in [0.1, 0.15) is 5.69 Å². The number of amides is 1. The van der Waals surface area contributed by atoms with E-state index in [1.807, 2.05) is 67.7 Å². The van der Waals surface area contributed by atoms with Crippen molar-refractivity contribution in [1.29, 1.82) is 0 Å². The molecule has 0 unspecified atom stereocenters. The minimum absolute atomic E-state index is 0.145. The third kappa shape index (κ3) is 10.6. The molecule has 5 aromatic carbocycles. The summed E-state index contributed by atoms with van der Waals surface area (Å²) < 4.78 is 28.7. The molecule has 0 bridgehead atoms. The number of anilines is 2. The second kappa shape index (κ2) is 18.6. The fraction of sp³-hybridized carbons (Fsp3) is 0.244. The molecule has 3 N–H and O–H groups in total. The number of hydrogen-bond acceptors (Lipinski definition) is 10. The maximum Gasteiger partial charge on any atom is 0.293 e. The number of halogens is 1. The molecule has 0 aliphatic carbocycles. The van der Waals surface area contributed by atoms with Crippen LogP contribution in [-0.4, -0.2) is 75.7 Å². The fourth-order valence-corrected chi connectivity index (χ4v) is 8.55. The standard InChI is InChI=1S/C41H43ClN6O5S2/c1-43-22-21-34(29-54-36-8-3-2-4-9-36)44-39-20-19-37(27-40(39)48(50)51)55(52,53)45-41(49)31-13-17-35(18-14-31)47-25-23-46(24-26-47)28-32-7-5-6-10-38(32)30-11-15-33(42)16-12-30/h2-20,27,34,43-44H,21-26,28-29H2,1H3,(H,45,49)/t34-/m1/s1. The first kappa shape index (κ1) is 39.8. The van der Waals surface area contributed by atoms with Crippen LogP contribution in [0.3, 0.4) is 0 Å². The van der Waals surface area contributed by atoms with Gasteiger partial charge in [0.25, 0.3) is 21.6 Å². The topological polar surface area (TPSA) is 137 Å². The number of hydrogen-bond donors (Lipinski definition) is 3. The van der Waals surface area contributed by atoms with Crippen LogP contribution in [0.2, 0.25) is 5.02 Å². The first-order chi connectivity index (χ1) is 26.6. The molecule has 1 heterocycles. The number of carbonyl (C=O) groups excluding carboxylic acids is 1. The lowest BCUT2D eigenvalue weighted by atomic mass is 9.99. The lowest BCUT2D eigenvalue weighted by molar-refractivity contribution is -0.384. The van der Waals surface area contributed by atoms with Crippen LogP contribution in [0.4, 0.5) is 17.1 Å². The Morgan fingerprint density at radius 2 is 1.58 bits per heavy atom. The van der Waals surface area contributed by atoms with Crippen LogP contribution >= 0.6 is 23.4 Å². The SMILES string of the molecule is CNCC[C@H](CSc1ccccc1)Nc1ccc(S(=O)(=O)NC(=O)c2ccc(N3CCN(Cc4ccccc4-c4ccc(Cl)cc4)CC3)cc2)cc1[N+](=O)[O-]. The summed E-state index contributed by atoms with van der Waals surface area (Å²) in [6.45, 7) is 4.76. The number of nitro benzene ring substituents is 1. The number of carbonyl (C=O) groups is 1. The quantitative estimate of drug-likeness (QED) is 0.0522. The van der Waals surface area contributed by atoms with Gasteiger partial charge in [0, 0.05) is 71.8 Å². The molecule has 1 aliphatic rings. The summed E-state index contributed by atoms with van der Waals surface area (Å²) in [7, 11) is -2.59. The maximum absolute atomic E-state index is 13.3. The maximum atomic E-state index is 13.3. The van der Waals surface area contributed by atoms with Crippen molar-refractivity contribution in [3.63, 3.8) is 0 Å². The molecule has 0 aromatic heterocycles. The molecule has 55 heavy (non-hydrogen) atoms. The van der Waals surface area contributed by atoms with E-state index in [9.17, 15) is 23.3 Å². The van der Waals surface area contributed by atoms with E-state index >= 15 is 0 Å². The Kier molecular flexibility index (Phi) is 13.5. The molecule has 0 radical (unpaired) electrons.